The maximum Gasteiger partial charge on any atom is 0.0945 e. The van der Waals surface area contributed by atoms with Gasteiger partial charge in [-0.2, -0.15) is 5.10 Å². The van der Waals surface area contributed by atoms with Gasteiger partial charge in [0.1, 0.15) is 0 Å². The Morgan fingerprint density at radius 2 is 1.89 bits per heavy atom. The number of hydrazone groups is 1. The molecule has 5 nitrogen and oxygen atoms in total. The molecule has 3 rings (SSSR count). The second-order valence-corrected chi connectivity index (χ2v) is 6.79. The van der Waals surface area contributed by atoms with Gasteiger partial charge >= 0.3 is 0 Å². The molecule has 1 atom stereocenters. The topological polar surface area (TPSA) is 36.7 Å². The molecule has 0 bridgehead atoms. The second-order valence-electron chi connectivity index (χ2n) is 6.79. The summed E-state index contributed by atoms with van der Waals surface area (Å²) in [4.78, 5) is 6.44. The zero-order chi connectivity index (χ0) is 18.7. The van der Waals surface area contributed by atoms with Crippen molar-refractivity contribution in [3.63, 3.8) is 0 Å². The summed E-state index contributed by atoms with van der Waals surface area (Å²) in [6.07, 6.45) is 21.2. The lowest BCUT2D eigenvalue weighted by molar-refractivity contribution is 0.359. The van der Waals surface area contributed by atoms with Crippen LogP contribution in [0.5, 0.6) is 0 Å². The molecule has 0 aliphatic carbocycles. The lowest BCUT2D eigenvalue weighted by Crippen LogP contribution is -2.33. The van der Waals surface area contributed by atoms with Gasteiger partial charge in [-0.25, -0.2) is 4.98 Å². The molecular formula is C22H29N5. The van der Waals surface area contributed by atoms with Crippen LogP contribution in [0.4, 0.5) is 5.69 Å². The van der Waals surface area contributed by atoms with Gasteiger partial charge in [0.25, 0.3) is 0 Å². The van der Waals surface area contributed by atoms with Crippen molar-refractivity contribution in [2.24, 2.45) is 5.10 Å². The highest BCUT2D eigenvalue weighted by atomic mass is 15.4. The van der Waals surface area contributed by atoms with Crippen molar-refractivity contribution in [1.29, 1.82) is 0 Å². The highest BCUT2D eigenvalue weighted by Gasteiger charge is 2.12. The van der Waals surface area contributed by atoms with Crippen LogP contribution in [0.2, 0.25) is 0 Å². The fraction of sp³-hybridized carbons (Fsp3) is 0.364. The zero-order valence-corrected chi connectivity index (χ0v) is 16.1. The molecule has 142 valence electrons. The van der Waals surface area contributed by atoms with E-state index in [9.17, 15) is 0 Å². The Hall–Kier alpha value is -2.82. The van der Waals surface area contributed by atoms with E-state index in [0.29, 0.717) is 0 Å². The van der Waals surface area contributed by atoms with Crippen molar-refractivity contribution in [3.05, 3.63) is 73.5 Å². The van der Waals surface area contributed by atoms with Gasteiger partial charge in [-0.15, -0.1) is 0 Å². The van der Waals surface area contributed by atoms with Crippen molar-refractivity contribution in [2.45, 2.75) is 38.3 Å². The van der Waals surface area contributed by atoms with Gasteiger partial charge in [0, 0.05) is 32.5 Å². The standard InChI is InChI=1S/C22H29N5/c1-25(21-11-5-4-6-12-21)24-19-22-13-7-10-17-27(22)16-9-3-2-8-15-26-18-14-23-20-26/h4-7,10-14,17-20,22H,2-3,8-9,15-16H2,1H3/b24-19+. The summed E-state index contributed by atoms with van der Waals surface area (Å²) in [6, 6.07) is 10.4. The molecule has 1 unspecified atom stereocenters. The fourth-order valence-electron chi connectivity index (χ4n) is 3.15. The summed E-state index contributed by atoms with van der Waals surface area (Å²) in [5.41, 5.74) is 1.09. The van der Waals surface area contributed by atoms with Gasteiger partial charge in [0.2, 0.25) is 0 Å². The van der Waals surface area contributed by atoms with Gasteiger partial charge in [-0.1, -0.05) is 43.2 Å². The summed E-state index contributed by atoms with van der Waals surface area (Å²) in [6.45, 7) is 2.12. The normalized spacial score (nSPS) is 16.3. The van der Waals surface area contributed by atoms with Crippen molar-refractivity contribution in [1.82, 2.24) is 14.5 Å². The molecular weight excluding hydrogens is 334 g/mol. The number of nitrogens with zero attached hydrogens (tertiary/aromatic N) is 5. The second kappa shape index (κ2) is 10.4. The largest absolute Gasteiger partial charge is 0.366 e. The summed E-state index contributed by atoms with van der Waals surface area (Å²) < 4.78 is 2.15. The highest BCUT2D eigenvalue weighted by molar-refractivity contribution is 5.69. The molecule has 5 heteroatoms. The van der Waals surface area contributed by atoms with Gasteiger partial charge in [-0.05, 0) is 37.3 Å². The van der Waals surface area contributed by atoms with Crippen LogP contribution in [0, 0.1) is 0 Å². The maximum absolute atomic E-state index is 4.63. The minimum atomic E-state index is 0.215. The number of aryl methyl sites for hydroxylation is 1. The third-order valence-corrected chi connectivity index (χ3v) is 4.74. The molecule has 1 aliphatic heterocycles. The summed E-state index contributed by atoms with van der Waals surface area (Å²) >= 11 is 0. The van der Waals surface area contributed by atoms with E-state index in [2.05, 4.69) is 56.1 Å². The number of unbranched alkanes of at least 4 members (excludes halogenated alkanes) is 3. The van der Waals surface area contributed by atoms with E-state index in [0.717, 1.165) is 18.8 Å². The Morgan fingerprint density at radius 3 is 2.67 bits per heavy atom. The van der Waals surface area contributed by atoms with E-state index in [1.807, 2.05) is 55.2 Å². The third kappa shape index (κ3) is 6.13. The van der Waals surface area contributed by atoms with Crippen molar-refractivity contribution < 1.29 is 0 Å². The van der Waals surface area contributed by atoms with Crippen LogP contribution in [0.1, 0.15) is 25.7 Å². The van der Waals surface area contributed by atoms with Crippen LogP contribution in [0.3, 0.4) is 0 Å². The average Bonchev–Trinajstić information content (AvgIpc) is 3.23. The van der Waals surface area contributed by atoms with Gasteiger partial charge < -0.3 is 9.47 Å². The molecule has 0 saturated heterocycles. The van der Waals surface area contributed by atoms with E-state index in [1.54, 1.807) is 0 Å². The Bertz CT molecular complexity index is 733. The van der Waals surface area contributed by atoms with Gasteiger partial charge in [0.05, 0.1) is 24.3 Å². The SMILES string of the molecule is CN(/N=C/C1C=CC=CN1CCCCCCn1ccnc1)c1ccccc1. The Morgan fingerprint density at radius 1 is 1.07 bits per heavy atom. The van der Waals surface area contributed by atoms with E-state index in [-0.39, 0.29) is 6.04 Å². The van der Waals surface area contributed by atoms with Crippen LogP contribution in [-0.2, 0) is 6.54 Å². The molecule has 1 aromatic heterocycles. The van der Waals surface area contributed by atoms with E-state index >= 15 is 0 Å². The lowest BCUT2D eigenvalue weighted by Gasteiger charge is -2.28. The number of para-hydroxylation sites is 1. The number of hydrogen-bond donors (Lipinski definition) is 0. The van der Waals surface area contributed by atoms with E-state index in [4.69, 9.17) is 0 Å². The third-order valence-electron chi connectivity index (χ3n) is 4.74. The summed E-state index contributed by atoms with van der Waals surface area (Å²) in [7, 11) is 1.98. The fourth-order valence-corrected chi connectivity index (χ4v) is 3.15. The molecule has 1 aliphatic rings. The molecule has 2 heterocycles. The van der Waals surface area contributed by atoms with Gasteiger partial charge in [-0.3, -0.25) is 5.01 Å². The number of benzene rings is 1. The summed E-state index contributed by atoms with van der Waals surface area (Å²) in [5, 5.41) is 6.54. The number of anilines is 1. The maximum atomic E-state index is 4.63. The summed E-state index contributed by atoms with van der Waals surface area (Å²) in [5.74, 6) is 0. The minimum absolute atomic E-state index is 0.215. The zero-order valence-electron chi connectivity index (χ0n) is 16.1. The number of aromatic nitrogens is 2. The Kier molecular flexibility index (Phi) is 7.27. The Balaban J connectivity index is 1.40. The molecule has 2 aromatic rings. The molecule has 0 N–H and O–H groups in total. The minimum Gasteiger partial charge on any atom is -0.366 e. The van der Waals surface area contributed by atoms with Crippen LogP contribution < -0.4 is 5.01 Å². The first-order valence-corrected chi connectivity index (χ1v) is 9.72. The lowest BCUT2D eigenvalue weighted by atomic mass is 10.1. The molecule has 0 spiro atoms. The molecule has 0 amide bonds. The van der Waals surface area contributed by atoms with Crippen molar-refractivity contribution in [2.75, 3.05) is 18.6 Å². The smallest absolute Gasteiger partial charge is 0.0945 e. The quantitative estimate of drug-likeness (QED) is 0.358. The van der Waals surface area contributed by atoms with E-state index in [1.165, 1.54) is 25.7 Å². The van der Waals surface area contributed by atoms with Crippen LogP contribution in [0.25, 0.3) is 0 Å². The van der Waals surface area contributed by atoms with Crippen molar-refractivity contribution >= 4 is 11.9 Å². The molecule has 27 heavy (non-hydrogen) atoms. The first-order chi connectivity index (χ1) is 13.3. The molecule has 1 aromatic carbocycles. The van der Waals surface area contributed by atoms with Gasteiger partial charge in [0.15, 0.2) is 0 Å². The predicted octanol–water partition coefficient (Wildman–Crippen LogP) is 4.32. The van der Waals surface area contributed by atoms with Crippen LogP contribution >= 0.6 is 0 Å². The average molecular weight is 364 g/mol. The number of imidazole rings is 1. The number of allylic oxidation sites excluding steroid dienone is 2. The molecule has 0 radical (unpaired) electrons. The number of hydrogen-bond acceptors (Lipinski definition) is 4. The molecule has 0 saturated carbocycles. The van der Waals surface area contributed by atoms with Crippen molar-refractivity contribution in [3.8, 4) is 0 Å². The first kappa shape index (κ1) is 19.0. The number of rotatable bonds is 10. The highest BCUT2D eigenvalue weighted by Crippen LogP contribution is 2.13. The Labute approximate surface area is 162 Å². The monoisotopic (exact) mass is 363 g/mol. The van der Waals surface area contributed by atoms with Crippen LogP contribution in [-0.4, -0.2) is 40.3 Å². The van der Waals surface area contributed by atoms with E-state index < -0.39 is 0 Å². The first-order valence-electron chi connectivity index (χ1n) is 9.72. The predicted molar refractivity (Wildman–Crippen MR) is 113 cm³/mol. The van der Waals surface area contributed by atoms with Crippen LogP contribution in [0.15, 0.2) is 78.6 Å². The molecule has 0 fully saturated rings.